The third-order valence-corrected chi connectivity index (χ3v) is 4.54. The fourth-order valence-corrected chi connectivity index (χ4v) is 3.08. The van der Waals surface area contributed by atoms with Crippen molar-refractivity contribution < 1.29 is 0 Å². The van der Waals surface area contributed by atoms with E-state index in [9.17, 15) is 0 Å². The average Bonchev–Trinajstić information content (AvgIpc) is 3.15. The van der Waals surface area contributed by atoms with Gasteiger partial charge in [-0.05, 0) is 49.7 Å². The van der Waals surface area contributed by atoms with Gasteiger partial charge in [0.25, 0.3) is 0 Å². The predicted octanol–water partition coefficient (Wildman–Crippen LogP) is 4.27. The van der Waals surface area contributed by atoms with Crippen molar-refractivity contribution >= 4 is 23.2 Å². The van der Waals surface area contributed by atoms with Crippen LogP contribution in [0.5, 0.6) is 0 Å². The topological polar surface area (TPSA) is 12.0 Å². The Kier molecular flexibility index (Phi) is 3.34. The molecule has 3 rings (SSSR count). The molecule has 2 aliphatic rings. The maximum Gasteiger partial charge on any atom is 0.0465 e. The van der Waals surface area contributed by atoms with E-state index < -0.39 is 0 Å². The summed E-state index contributed by atoms with van der Waals surface area (Å²) in [5.74, 6) is 1.81. The Morgan fingerprint density at radius 2 is 1.59 bits per heavy atom. The SMILES string of the molecule is Clc1cccc(Cl)c1CNC(C1CC1)C1CC1. The second-order valence-electron chi connectivity index (χ2n) is 5.28. The molecule has 2 aliphatic carbocycles. The standard InChI is InChI=1S/C14H17Cl2N/c15-12-2-1-3-13(16)11(12)8-17-14(9-4-5-9)10-6-7-10/h1-3,9-10,14,17H,4-8H2. The maximum atomic E-state index is 6.18. The molecule has 17 heavy (non-hydrogen) atoms. The number of hydrogen-bond donors (Lipinski definition) is 1. The Balaban J connectivity index is 1.66. The smallest absolute Gasteiger partial charge is 0.0465 e. The highest BCUT2D eigenvalue weighted by atomic mass is 35.5. The molecule has 1 aromatic carbocycles. The summed E-state index contributed by atoms with van der Waals surface area (Å²) < 4.78 is 0. The molecule has 1 N–H and O–H groups in total. The molecule has 0 aliphatic heterocycles. The Bertz CT molecular complexity index is 378. The van der Waals surface area contributed by atoms with Crippen LogP contribution >= 0.6 is 23.2 Å². The quantitative estimate of drug-likeness (QED) is 0.842. The van der Waals surface area contributed by atoms with E-state index in [4.69, 9.17) is 23.2 Å². The summed E-state index contributed by atoms with van der Waals surface area (Å²) in [6.07, 6.45) is 5.57. The van der Waals surface area contributed by atoms with Crippen LogP contribution in [0.25, 0.3) is 0 Å². The van der Waals surface area contributed by atoms with Gasteiger partial charge >= 0.3 is 0 Å². The zero-order chi connectivity index (χ0) is 11.8. The van der Waals surface area contributed by atoms with Gasteiger partial charge in [-0.2, -0.15) is 0 Å². The Labute approximate surface area is 112 Å². The lowest BCUT2D eigenvalue weighted by atomic mass is 10.1. The first-order chi connectivity index (χ1) is 8.25. The highest BCUT2D eigenvalue weighted by Crippen LogP contribution is 2.44. The molecule has 0 spiro atoms. The lowest BCUT2D eigenvalue weighted by Gasteiger charge is -2.18. The first-order valence-corrected chi connectivity index (χ1v) is 7.17. The lowest BCUT2D eigenvalue weighted by Crippen LogP contribution is -2.32. The molecular formula is C14H17Cl2N. The van der Waals surface area contributed by atoms with E-state index >= 15 is 0 Å². The van der Waals surface area contributed by atoms with E-state index in [0.29, 0.717) is 6.04 Å². The van der Waals surface area contributed by atoms with Crippen LogP contribution in [0, 0.1) is 11.8 Å². The van der Waals surface area contributed by atoms with Crippen LogP contribution in [0.2, 0.25) is 10.0 Å². The van der Waals surface area contributed by atoms with Gasteiger partial charge in [0.05, 0.1) is 0 Å². The molecule has 0 amide bonds. The molecule has 3 heteroatoms. The molecule has 0 bridgehead atoms. The van der Waals surface area contributed by atoms with Crippen LogP contribution in [-0.2, 0) is 6.54 Å². The first kappa shape index (κ1) is 11.8. The number of halogens is 2. The Morgan fingerprint density at radius 1 is 1.06 bits per heavy atom. The predicted molar refractivity (Wildman–Crippen MR) is 72.5 cm³/mol. The van der Waals surface area contributed by atoms with Crippen molar-refractivity contribution in [1.82, 2.24) is 5.32 Å². The van der Waals surface area contributed by atoms with Gasteiger partial charge in [-0.1, -0.05) is 29.3 Å². The van der Waals surface area contributed by atoms with Crippen LogP contribution in [0.3, 0.4) is 0 Å². The largest absolute Gasteiger partial charge is 0.309 e. The van der Waals surface area contributed by atoms with E-state index in [1.165, 1.54) is 25.7 Å². The van der Waals surface area contributed by atoms with Gasteiger partial charge in [-0.15, -0.1) is 0 Å². The van der Waals surface area contributed by atoms with Crippen molar-refractivity contribution in [3.05, 3.63) is 33.8 Å². The molecule has 1 aromatic rings. The molecule has 1 nitrogen and oxygen atoms in total. The van der Waals surface area contributed by atoms with Gasteiger partial charge in [-0.3, -0.25) is 0 Å². The van der Waals surface area contributed by atoms with E-state index in [0.717, 1.165) is 34.0 Å². The number of hydrogen-bond acceptors (Lipinski definition) is 1. The molecule has 2 fully saturated rings. The van der Waals surface area contributed by atoms with Crippen molar-refractivity contribution in [3.63, 3.8) is 0 Å². The normalized spacial score (nSPS) is 19.9. The number of rotatable bonds is 5. The third-order valence-electron chi connectivity index (χ3n) is 3.84. The lowest BCUT2D eigenvalue weighted by molar-refractivity contribution is 0.416. The van der Waals surface area contributed by atoms with Gasteiger partial charge in [0.1, 0.15) is 0 Å². The molecule has 0 saturated heterocycles. The fourth-order valence-electron chi connectivity index (χ4n) is 2.55. The number of nitrogens with one attached hydrogen (secondary N) is 1. The number of benzene rings is 1. The molecule has 0 atom stereocenters. The van der Waals surface area contributed by atoms with Crippen LogP contribution in [0.1, 0.15) is 31.2 Å². The molecule has 0 heterocycles. The summed E-state index contributed by atoms with van der Waals surface area (Å²) in [7, 11) is 0. The summed E-state index contributed by atoms with van der Waals surface area (Å²) in [5, 5.41) is 5.22. The van der Waals surface area contributed by atoms with Gasteiger partial charge in [0.15, 0.2) is 0 Å². The Hall–Kier alpha value is -0.240. The van der Waals surface area contributed by atoms with Crippen molar-refractivity contribution in [2.24, 2.45) is 11.8 Å². The van der Waals surface area contributed by atoms with E-state index in [1.807, 2.05) is 18.2 Å². The van der Waals surface area contributed by atoms with Crippen molar-refractivity contribution in [2.75, 3.05) is 0 Å². The maximum absolute atomic E-state index is 6.18. The van der Waals surface area contributed by atoms with Crippen molar-refractivity contribution in [3.8, 4) is 0 Å². The summed E-state index contributed by atoms with van der Waals surface area (Å²) in [6, 6.07) is 6.41. The highest BCUT2D eigenvalue weighted by Gasteiger charge is 2.41. The van der Waals surface area contributed by atoms with Crippen LogP contribution in [0.15, 0.2) is 18.2 Å². The van der Waals surface area contributed by atoms with Gasteiger partial charge in [0.2, 0.25) is 0 Å². The van der Waals surface area contributed by atoms with Crippen molar-refractivity contribution in [1.29, 1.82) is 0 Å². The van der Waals surface area contributed by atoms with Crippen LogP contribution < -0.4 is 5.32 Å². The van der Waals surface area contributed by atoms with Crippen molar-refractivity contribution in [2.45, 2.75) is 38.3 Å². The van der Waals surface area contributed by atoms with E-state index in [2.05, 4.69) is 5.32 Å². The second kappa shape index (κ2) is 4.79. The first-order valence-electron chi connectivity index (χ1n) is 6.42. The zero-order valence-corrected chi connectivity index (χ0v) is 11.3. The minimum Gasteiger partial charge on any atom is -0.309 e. The molecule has 0 unspecified atom stereocenters. The molecule has 0 aromatic heterocycles. The highest BCUT2D eigenvalue weighted by molar-refractivity contribution is 6.35. The molecule has 92 valence electrons. The third kappa shape index (κ3) is 2.78. The summed E-state index contributed by atoms with van der Waals surface area (Å²) in [6.45, 7) is 0.802. The minimum atomic E-state index is 0.697. The summed E-state index contributed by atoms with van der Waals surface area (Å²) >= 11 is 12.4. The van der Waals surface area contributed by atoms with Gasteiger partial charge in [0, 0.05) is 28.2 Å². The molecule has 2 saturated carbocycles. The monoisotopic (exact) mass is 269 g/mol. The van der Waals surface area contributed by atoms with Crippen LogP contribution in [-0.4, -0.2) is 6.04 Å². The zero-order valence-electron chi connectivity index (χ0n) is 9.76. The minimum absolute atomic E-state index is 0.697. The van der Waals surface area contributed by atoms with Gasteiger partial charge < -0.3 is 5.32 Å². The average molecular weight is 270 g/mol. The summed E-state index contributed by atoms with van der Waals surface area (Å²) in [4.78, 5) is 0. The summed E-state index contributed by atoms with van der Waals surface area (Å²) in [5.41, 5.74) is 1.04. The van der Waals surface area contributed by atoms with Crippen LogP contribution in [0.4, 0.5) is 0 Å². The second-order valence-corrected chi connectivity index (χ2v) is 6.10. The molecule has 0 radical (unpaired) electrons. The van der Waals surface area contributed by atoms with E-state index in [1.54, 1.807) is 0 Å². The van der Waals surface area contributed by atoms with E-state index in [-0.39, 0.29) is 0 Å². The Morgan fingerprint density at radius 3 is 2.06 bits per heavy atom. The van der Waals surface area contributed by atoms with Gasteiger partial charge in [-0.25, -0.2) is 0 Å². The molecular weight excluding hydrogens is 253 g/mol. The fraction of sp³-hybridized carbons (Fsp3) is 0.571.